The van der Waals surface area contributed by atoms with Crippen LogP contribution in [0.2, 0.25) is 10.0 Å². The molecule has 2 aromatic rings. The molecule has 0 radical (unpaired) electrons. The molecule has 0 aromatic heterocycles. The molecule has 1 fully saturated rings. The first kappa shape index (κ1) is 17.0. The highest BCUT2D eigenvalue weighted by Gasteiger charge is 2.20. The molecule has 0 unspecified atom stereocenters. The molecule has 0 atom stereocenters. The Kier molecular flexibility index (Phi) is 5.23. The number of halogens is 2. The minimum atomic E-state index is -0.431. The number of non-ortho nitro benzene ring substituents is 1. The van der Waals surface area contributed by atoms with Gasteiger partial charge in [-0.15, -0.1) is 0 Å². The minimum Gasteiger partial charge on any atom is -0.368 e. The summed E-state index contributed by atoms with van der Waals surface area (Å²) in [4.78, 5) is 14.9. The molecule has 0 amide bonds. The third-order valence-electron chi connectivity index (χ3n) is 4.17. The Morgan fingerprint density at radius 1 is 1.00 bits per heavy atom. The molecule has 1 aliphatic heterocycles. The van der Waals surface area contributed by atoms with Gasteiger partial charge in [0.05, 0.1) is 15.6 Å². The molecule has 0 bridgehead atoms. The van der Waals surface area contributed by atoms with Crippen molar-refractivity contribution in [2.45, 2.75) is 6.54 Å². The van der Waals surface area contributed by atoms with E-state index in [2.05, 4.69) is 9.80 Å². The van der Waals surface area contributed by atoms with Gasteiger partial charge in [-0.3, -0.25) is 15.0 Å². The van der Waals surface area contributed by atoms with Gasteiger partial charge >= 0.3 is 0 Å². The SMILES string of the molecule is O=[N+]([O-])c1ccc(N2CCN(Cc3ccc(Cl)cc3)CC2)c(Cl)c1. The van der Waals surface area contributed by atoms with Crippen molar-refractivity contribution >= 4 is 34.6 Å². The van der Waals surface area contributed by atoms with Crippen LogP contribution in [0.3, 0.4) is 0 Å². The maximum Gasteiger partial charge on any atom is 0.271 e. The first-order valence-electron chi connectivity index (χ1n) is 7.68. The summed E-state index contributed by atoms with van der Waals surface area (Å²) in [5.41, 5.74) is 2.11. The Labute approximate surface area is 150 Å². The van der Waals surface area contributed by atoms with E-state index in [9.17, 15) is 10.1 Å². The number of nitrogens with zero attached hydrogens (tertiary/aromatic N) is 3. The molecular weight excluding hydrogens is 349 g/mol. The fraction of sp³-hybridized carbons (Fsp3) is 0.294. The van der Waals surface area contributed by atoms with Crippen molar-refractivity contribution in [3.8, 4) is 0 Å². The van der Waals surface area contributed by atoms with Crippen LogP contribution in [0, 0.1) is 10.1 Å². The quantitative estimate of drug-likeness (QED) is 0.600. The fourth-order valence-electron chi connectivity index (χ4n) is 2.86. The Morgan fingerprint density at radius 3 is 2.25 bits per heavy atom. The summed E-state index contributed by atoms with van der Waals surface area (Å²) in [6.45, 7) is 4.39. The Bertz CT molecular complexity index is 729. The van der Waals surface area contributed by atoms with Crippen molar-refractivity contribution in [1.82, 2.24) is 4.90 Å². The molecule has 0 saturated carbocycles. The lowest BCUT2D eigenvalue weighted by atomic mass is 10.2. The second kappa shape index (κ2) is 7.38. The molecule has 7 heteroatoms. The number of nitro benzene ring substituents is 1. The van der Waals surface area contributed by atoms with Gasteiger partial charge in [-0.2, -0.15) is 0 Å². The lowest BCUT2D eigenvalue weighted by Gasteiger charge is -2.36. The third-order valence-corrected chi connectivity index (χ3v) is 4.73. The molecule has 1 saturated heterocycles. The van der Waals surface area contributed by atoms with Crippen molar-refractivity contribution in [3.05, 3.63) is 68.2 Å². The van der Waals surface area contributed by atoms with Gasteiger partial charge in [0.25, 0.3) is 5.69 Å². The van der Waals surface area contributed by atoms with E-state index in [1.54, 1.807) is 6.07 Å². The van der Waals surface area contributed by atoms with Crippen LogP contribution in [-0.2, 0) is 6.54 Å². The molecule has 5 nitrogen and oxygen atoms in total. The van der Waals surface area contributed by atoms with E-state index in [-0.39, 0.29) is 5.69 Å². The smallest absolute Gasteiger partial charge is 0.271 e. The maximum atomic E-state index is 10.8. The molecule has 1 aliphatic rings. The van der Waals surface area contributed by atoms with E-state index >= 15 is 0 Å². The van der Waals surface area contributed by atoms with Gasteiger partial charge in [-0.1, -0.05) is 35.3 Å². The van der Waals surface area contributed by atoms with Crippen LogP contribution in [0.15, 0.2) is 42.5 Å². The van der Waals surface area contributed by atoms with Crippen LogP contribution in [0.5, 0.6) is 0 Å². The highest BCUT2D eigenvalue weighted by atomic mass is 35.5. The van der Waals surface area contributed by atoms with Gasteiger partial charge in [0.15, 0.2) is 0 Å². The van der Waals surface area contributed by atoms with Crippen molar-refractivity contribution < 1.29 is 4.92 Å². The van der Waals surface area contributed by atoms with Gasteiger partial charge in [0.2, 0.25) is 0 Å². The molecule has 2 aromatic carbocycles. The Balaban J connectivity index is 1.60. The lowest BCUT2D eigenvalue weighted by molar-refractivity contribution is -0.384. The lowest BCUT2D eigenvalue weighted by Crippen LogP contribution is -2.46. The molecule has 24 heavy (non-hydrogen) atoms. The van der Waals surface area contributed by atoms with Gasteiger partial charge in [0.1, 0.15) is 0 Å². The van der Waals surface area contributed by atoms with E-state index in [0.29, 0.717) is 5.02 Å². The van der Waals surface area contributed by atoms with Gasteiger partial charge in [0, 0.05) is 49.9 Å². The average Bonchev–Trinajstić information content (AvgIpc) is 2.58. The second-order valence-electron chi connectivity index (χ2n) is 5.78. The minimum absolute atomic E-state index is 0.0186. The number of nitro groups is 1. The van der Waals surface area contributed by atoms with Crippen molar-refractivity contribution in [2.24, 2.45) is 0 Å². The summed E-state index contributed by atoms with van der Waals surface area (Å²) >= 11 is 12.1. The number of hydrogen-bond acceptors (Lipinski definition) is 4. The zero-order chi connectivity index (χ0) is 17.1. The zero-order valence-corrected chi connectivity index (χ0v) is 14.5. The summed E-state index contributed by atoms with van der Waals surface area (Å²) in [5, 5.41) is 12.0. The van der Waals surface area contributed by atoms with Crippen molar-refractivity contribution in [1.29, 1.82) is 0 Å². The van der Waals surface area contributed by atoms with Gasteiger partial charge in [-0.25, -0.2) is 0 Å². The maximum absolute atomic E-state index is 10.8. The van der Waals surface area contributed by atoms with Crippen LogP contribution < -0.4 is 4.90 Å². The third kappa shape index (κ3) is 3.98. The van der Waals surface area contributed by atoms with Gasteiger partial charge < -0.3 is 4.90 Å². The number of rotatable bonds is 4. The summed E-state index contributed by atoms with van der Waals surface area (Å²) < 4.78 is 0. The van der Waals surface area contributed by atoms with Crippen LogP contribution in [0.25, 0.3) is 0 Å². The fourth-order valence-corrected chi connectivity index (χ4v) is 3.28. The van der Waals surface area contributed by atoms with Crippen LogP contribution >= 0.6 is 23.2 Å². The second-order valence-corrected chi connectivity index (χ2v) is 6.63. The average molecular weight is 366 g/mol. The highest BCUT2D eigenvalue weighted by molar-refractivity contribution is 6.33. The van der Waals surface area contributed by atoms with E-state index in [4.69, 9.17) is 23.2 Å². The summed E-state index contributed by atoms with van der Waals surface area (Å²) in [6.07, 6.45) is 0. The topological polar surface area (TPSA) is 49.6 Å². The van der Waals surface area contributed by atoms with E-state index in [1.807, 2.05) is 24.3 Å². The normalized spacial score (nSPS) is 15.5. The molecule has 1 heterocycles. The van der Waals surface area contributed by atoms with Crippen LogP contribution in [-0.4, -0.2) is 36.0 Å². The van der Waals surface area contributed by atoms with Crippen LogP contribution in [0.1, 0.15) is 5.56 Å². The molecular formula is C17H17Cl2N3O2. The molecule has 0 aliphatic carbocycles. The number of hydrogen-bond donors (Lipinski definition) is 0. The Hall–Kier alpha value is -1.82. The van der Waals surface area contributed by atoms with Gasteiger partial charge in [-0.05, 0) is 23.8 Å². The first-order valence-corrected chi connectivity index (χ1v) is 8.44. The summed E-state index contributed by atoms with van der Waals surface area (Å²) in [6, 6.07) is 12.5. The number of anilines is 1. The van der Waals surface area contributed by atoms with E-state index in [1.165, 1.54) is 17.7 Å². The Morgan fingerprint density at radius 2 is 1.67 bits per heavy atom. The monoisotopic (exact) mass is 365 g/mol. The van der Waals surface area contributed by atoms with E-state index < -0.39 is 4.92 Å². The highest BCUT2D eigenvalue weighted by Crippen LogP contribution is 2.30. The van der Waals surface area contributed by atoms with Crippen molar-refractivity contribution in [3.63, 3.8) is 0 Å². The summed E-state index contributed by atoms with van der Waals surface area (Å²) in [5.74, 6) is 0. The van der Waals surface area contributed by atoms with E-state index in [0.717, 1.165) is 43.4 Å². The first-order chi connectivity index (χ1) is 11.5. The number of piperazine rings is 1. The zero-order valence-electron chi connectivity index (χ0n) is 13.0. The number of benzene rings is 2. The summed E-state index contributed by atoms with van der Waals surface area (Å²) in [7, 11) is 0. The van der Waals surface area contributed by atoms with Crippen LogP contribution in [0.4, 0.5) is 11.4 Å². The standard InChI is InChI=1S/C17H17Cl2N3O2/c18-14-3-1-13(2-4-14)12-20-7-9-21(10-8-20)17-6-5-15(22(23)24)11-16(17)19/h1-6,11H,7-10,12H2. The predicted molar refractivity (Wildman–Crippen MR) is 97.0 cm³/mol. The molecule has 0 spiro atoms. The molecule has 0 N–H and O–H groups in total. The van der Waals surface area contributed by atoms with Crippen molar-refractivity contribution in [2.75, 3.05) is 31.1 Å². The largest absolute Gasteiger partial charge is 0.368 e. The predicted octanol–water partition coefficient (Wildman–Crippen LogP) is 4.22. The molecule has 126 valence electrons. The molecule has 3 rings (SSSR count).